The Morgan fingerprint density at radius 1 is 1.00 bits per heavy atom. The molecule has 0 radical (unpaired) electrons. The van der Waals surface area contributed by atoms with Crippen molar-refractivity contribution >= 4 is 11.6 Å². The molecule has 0 bridgehead atoms. The second-order valence-corrected chi connectivity index (χ2v) is 7.00. The minimum Gasteiger partial charge on any atom is -0.507 e. The van der Waals surface area contributed by atoms with Crippen LogP contribution in [0.4, 0.5) is 0 Å². The third-order valence-electron chi connectivity index (χ3n) is 4.69. The van der Waals surface area contributed by atoms with Gasteiger partial charge in [-0.2, -0.15) is 5.10 Å². The zero-order valence-electron chi connectivity index (χ0n) is 15.3. The molecule has 5 heteroatoms. The molecular weight excluding hydrogens is 372 g/mol. The van der Waals surface area contributed by atoms with E-state index in [4.69, 9.17) is 16.3 Å². The molecule has 0 saturated heterocycles. The molecule has 0 unspecified atom stereocenters. The van der Waals surface area contributed by atoms with E-state index in [2.05, 4.69) is 23.2 Å². The molecular formula is C23H19ClN2O2. The molecule has 3 aromatic carbocycles. The highest BCUT2D eigenvalue weighted by Gasteiger charge is 2.14. The summed E-state index contributed by atoms with van der Waals surface area (Å²) in [5.74, 6) is 0.735. The van der Waals surface area contributed by atoms with Crippen LogP contribution in [-0.4, -0.2) is 15.3 Å². The van der Waals surface area contributed by atoms with Gasteiger partial charge in [-0.25, -0.2) is 0 Å². The maximum absolute atomic E-state index is 10.6. The first-order valence-corrected chi connectivity index (χ1v) is 9.29. The van der Waals surface area contributed by atoms with Crippen LogP contribution in [0.25, 0.3) is 22.4 Å². The normalized spacial score (nSPS) is 10.8. The molecule has 2 N–H and O–H groups in total. The predicted octanol–water partition coefficient (Wildman–Crippen LogP) is 5.99. The van der Waals surface area contributed by atoms with Crippen LogP contribution < -0.4 is 4.74 Å². The number of halogens is 1. The van der Waals surface area contributed by atoms with Crippen LogP contribution in [0.2, 0.25) is 5.02 Å². The summed E-state index contributed by atoms with van der Waals surface area (Å²) in [6, 6.07) is 20.9. The third-order valence-corrected chi connectivity index (χ3v) is 4.94. The maximum atomic E-state index is 10.6. The Morgan fingerprint density at radius 3 is 2.54 bits per heavy atom. The lowest BCUT2D eigenvalue weighted by molar-refractivity contribution is 0.303. The van der Waals surface area contributed by atoms with Crippen LogP contribution in [0.3, 0.4) is 0 Å². The number of hydrogen-bond acceptors (Lipinski definition) is 3. The van der Waals surface area contributed by atoms with Crippen LogP contribution in [0.15, 0.2) is 72.9 Å². The number of nitrogens with one attached hydrogen (secondary N) is 1. The summed E-state index contributed by atoms with van der Waals surface area (Å²) < 4.78 is 5.85. The number of phenols is 1. The Labute approximate surface area is 168 Å². The molecule has 28 heavy (non-hydrogen) atoms. The highest BCUT2D eigenvalue weighted by molar-refractivity contribution is 6.30. The van der Waals surface area contributed by atoms with Crippen LogP contribution in [0.1, 0.15) is 11.1 Å². The Kier molecular flexibility index (Phi) is 5.04. The summed E-state index contributed by atoms with van der Waals surface area (Å²) >= 11 is 5.98. The lowest BCUT2D eigenvalue weighted by Crippen LogP contribution is -1.97. The minimum atomic E-state index is 0.127. The number of ether oxygens (including phenoxy) is 1. The number of phenolic OH excluding ortho intramolecular Hbond substituents is 1. The van der Waals surface area contributed by atoms with E-state index < -0.39 is 0 Å². The van der Waals surface area contributed by atoms with Gasteiger partial charge in [0.25, 0.3) is 0 Å². The van der Waals surface area contributed by atoms with Crippen LogP contribution in [0.5, 0.6) is 11.5 Å². The average molecular weight is 391 g/mol. The molecule has 0 saturated carbocycles. The number of aromatic hydroxyl groups is 1. The van der Waals surface area contributed by atoms with Gasteiger partial charge in [0.2, 0.25) is 0 Å². The average Bonchev–Trinajstić information content (AvgIpc) is 3.17. The number of benzene rings is 3. The number of aromatic amines is 1. The Bertz CT molecular complexity index is 1100. The van der Waals surface area contributed by atoms with Gasteiger partial charge >= 0.3 is 0 Å². The van der Waals surface area contributed by atoms with E-state index in [-0.39, 0.29) is 5.75 Å². The van der Waals surface area contributed by atoms with Crippen LogP contribution in [0, 0.1) is 6.92 Å². The molecule has 0 atom stereocenters. The van der Waals surface area contributed by atoms with Crippen molar-refractivity contribution in [1.82, 2.24) is 10.2 Å². The highest BCUT2D eigenvalue weighted by atomic mass is 35.5. The van der Waals surface area contributed by atoms with Gasteiger partial charge in [0.05, 0.1) is 11.9 Å². The second kappa shape index (κ2) is 7.79. The number of aryl methyl sites for hydroxylation is 1. The molecule has 0 aliphatic carbocycles. The Morgan fingerprint density at radius 2 is 1.79 bits per heavy atom. The summed E-state index contributed by atoms with van der Waals surface area (Å²) in [4.78, 5) is 0. The highest BCUT2D eigenvalue weighted by Crippen LogP contribution is 2.37. The van der Waals surface area contributed by atoms with E-state index >= 15 is 0 Å². The second-order valence-electron chi connectivity index (χ2n) is 6.56. The van der Waals surface area contributed by atoms with Gasteiger partial charge in [-0.05, 0) is 47.9 Å². The fraction of sp³-hybridized carbons (Fsp3) is 0.0870. The predicted molar refractivity (Wildman–Crippen MR) is 112 cm³/mol. The van der Waals surface area contributed by atoms with Crippen molar-refractivity contribution in [2.45, 2.75) is 13.5 Å². The van der Waals surface area contributed by atoms with Crippen LogP contribution in [-0.2, 0) is 6.61 Å². The van der Waals surface area contributed by atoms with E-state index in [1.54, 1.807) is 12.3 Å². The monoisotopic (exact) mass is 390 g/mol. The van der Waals surface area contributed by atoms with Crippen molar-refractivity contribution in [3.63, 3.8) is 0 Å². The summed E-state index contributed by atoms with van der Waals surface area (Å²) in [5.41, 5.74) is 5.54. The van der Waals surface area contributed by atoms with Crippen molar-refractivity contribution in [3.05, 3.63) is 89.1 Å². The molecule has 0 aliphatic heterocycles. The fourth-order valence-corrected chi connectivity index (χ4v) is 3.21. The summed E-state index contributed by atoms with van der Waals surface area (Å²) in [6.45, 7) is 2.50. The molecule has 0 amide bonds. The smallest absolute Gasteiger partial charge is 0.128 e. The van der Waals surface area contributed by atoms with Gasteiger partial charge < -0.3 is 9.84 Å². The molecule has 1 heterocycles. The number of hydrogen-bond donors (Lipinski definition) is 2. The first-order chi connectivity index (χ1) is 13.6. The molecule has 140 valence electrons. The number of aromatic nitrogens is 2. The van der Waals surface area contributed by atoms with Gasteiger partial charge in [-0.1, -0.05) is 48.0 Å². The lowest BCUT2D eigenvalue weighted by atomic mass is 10.0. The summed E-state index contributed by atoms with van der Waals surface area (Å²) in [5, 5.41) is 18.4. The molecule has 0 aliphatic rings. The summed E-state index contributed by atoms with van der Waals surface area (Å²) in [6.07, 6.45) is 1.74. The zero-order chi connectivity index (χ0) is 19.5. The summed E-state index contributed by atoms with van der Waals surface area (Å²) in [7, 11) is 0. The maximum Gasteiger partial charge on any atom is 0.128 e. The van der Waals surface area contributed by atoms with Crippen molar-refractivity contribution in [1.29, 1.82) is 0 Å². The van der Waals surface area contributed by atoms with E-state index in [1.807, 2.05) is 54.6 Å². The number of nitrogens with zero attached hydrogens (tertiary/aromatic N) is 1. The van der Waals surface area contributed by atoms with Crippen LogP contribution >= 0.6 is 11.6 Å². The Hall–Kier alpha value is -3.24. The topological polar surface area (TPSA) is 58.1 Å². The first-order valence-electron chi connectivity index (χ1n) is 8.92. The van der Waals surface area contributed by atoms with E-state index in [9.17, 15) is 5.11 Å². The zero-order valence-corrected chi connectivity index (χ0v) is 16.1. The van der Waals surface area contributed by atoms with Gasteiger partial charge in [-0.3, -0.25) is 5.10 Å². The van der Waals surface area contributed by atoms with Gasteiger partial charge in [0.15, 0.2) is 0 Å². The Balaban J connectivity index is 1.58. The fourth-order valence-electron chi connectivity index (χ4n) is 3.09. The number of H-pyrrole nitrogens is 1. The number of rotatable bonds is 5. The third kappa shape index (κ3) is 3.73. The molecule has 4 aromatic rings. The molecule has 1 aromatic heterocycles. The van der Waals surface area contributed by atoms with Crippen molar-refractivity contribution < 1.29 is 9.84 Å². The standard InChI is InChI=1S/C23H19ClN2O2/c1-15-4-2-3-5-17(15)14-28-19-10-11-20(22(27)12-19)23-21(13-25-26-23)16-6-8-18(24)9-7-16/h2-13,27H,14H2,1H3,(H,25,26). The first kappa shape index (κ1) is 18.1. The molecule has 0 spiro atoms. The molecule has 4 nitrogen and oxygen atoms in total. The quantitative estimate of drug-likeness (QED) is 0.440. The van der Waals surface area contributed by atoms with Crippen molar-refractivity contribution in [2.24, 2.45) is 0 Å². The van der Waals surface area contributed by atoms with Crippen molar-refractivity contribution in [2.75, 3.05) is 0 Å². The largest absolute Gasteiger partial charge is 0.507 e. The van der Waals surface area contributed by atoms with Gasteiger partial charge in [0.1, 0.15) is 18.1 Å². The van der Waals surface area contributed by atoms with E-state index in [1.165, 1.54) is 5.56 Å². The molecule has 0 fully saturated rings. The lowest BCUT2D eigenvalue weighted by Gasteiger charge is -2.11. The van der Waals surface area contributed by atoms with Gasteiger partial charge in [0, 0.05) is 22.2 Å². The van der Waals surface area contributed by atoms with Gasteiger partial charge in [-0.15, -0.1) is 0 Å². The van der Waals surface area contributed by atoms with E-state index in [0.717, 1.165) is 22.4 Å². The molecule has 4 rings (SSSR count). The van der Waals surface area contributed by atoms with Crippen molar-refractivity contribution in [3.8, 4) is 33.9 Å². The minimum absolute atomic E-state index is 0.127. The SMILES string of the molecule is Cc1ccccc1COc1ccc(-c2[nH]ncc2-c2ccc(Cl)cc2)c(O)c1. The van der Waals surface area contributed by atoms with E-state index in [0.29, 0.717) is 22.9 Å².